The predicted octanol–water partition coefficient (Wildman–Crippen LogP) is 2.33. The van der Waals surface area contributed by atoms with Gasteiger partial charge < -0.3 is 15.0 Å². The van der Waals surface area contributed by atoms with Gasteiger partial charge in [-0.25, -0.2) is 0 Å². The van der Waals surface area contributed by atoms with Crippen LogP contribution in [0.1, 0.15) is 11.1 Å². The number of amides is 1. The molecule has 128 valence electrons. The maximum absolute atomic E-state index is 12.1. The first kappa shape index (κ1) is 18.6. The van der Waals surface area contributed by atoms with Crippen molar-refractivity contribution in [2.45, 2.75) is 13.1 Å². The maximum Gasteiger partial charge on any atom is 0.275 e. The molecule has 2 N–H and O–H groups in total. The van der Waals surface area contributed by atoms with Crippen molar-refractivity contribution >= 4 is 29.1 Å². The number of rotatable bonds is 7. The van der Waals surface area contributed by atoms with E-state index in [1.165, 1.54) is 0 Å². The molecule has 0 fully saturated rings. The summed E-state index contributed by atoms with van der Waals surface area (Å²) in [7, 11) is 3.60. The van der Waals surface area contributed by atoms with Gasteiger partial charge in [-0.3, -0.25) is 4.79 Å². The van der Waals surface area contributed by atoms with Gasteiger partial charge >= 0.3 is 0 Å². The zero-order valence-electron chi connectivity index (χ0n) is 13.7. The molecule has 1 amide bonds. The van der Waals surface area contributed by atoms with E-state index in [1.807, 2.05) is 43.4 Å². The van der Waals surface area contributed by atoms with E-state index < -0.39 is 0 Å². The largest absolute Gasteiger partial charge is 0.497 e. The number of likely N-dealkylation sites (N-methyl/N-ethyl adjacent to an activating group) is 1. The van der Waals surface area contributed by atoms with Crippen LogP contribution in [0.3, 0.4) is 0 Å². The highest BCUT2D eigenvalue weighted by atomic mass is 35.5. The van der Waals surface area contributed by atoms with Crippen molar-refractivity contribution in [3.8, 4) is 5.75 Å². The number of halogens is 2. The Morgan fingerprint density at radius 1 is 1.08 bits per heavy atom. The fraction of sp³-hybridized carbons (Fsp3) is 0.278. The molecule has 1 unspecified atom stereocenters. The van der Waals surface area contributed by atoms with Gasteiger partial charge in [0, 0.05) is 12.1 Å². The van der Waals surface area contributed by atoms with E-state index in [0.717, 1.165) is 21.8 Å². The summed E-state index contributed by atoms with van der Waals surface area (Å²) in [4.78, 5) is 13.1. The highest BCUT2D eigenvalue weighted by molar-refractivity contribution is 6.42. The maximum atomic E-state index is 12.1. The molecule has 0 aliphatic carbocycles. The van der Waals surface area contributed by atoms with Crippen molar-refractivity contribution in [2.24, 2.45) is 0 Å². The third kappa shape index (κ3) is 5.71. The number of nitrogens with one attached hydrogen (secondary N) is 2. The van der Waals surface area contributed by atoms with E-state index in [2.05, 4.69) is 5.32 Å². The van der Waals surface area contributed by atoms with Crippen molar-refractivity contribution in [2.75, 3.05) is 20.7 Å². The van der Waals surface area contributed by atoms with Crippen molar-refractivity contribution in [3.63, 3.8) is 0 Å². The van der Waals surface area contributed by atoms with E-state index in [1.54, 1.807) is 13.2 Å². The van der Waals surface area contributed by atoms with Gasteiger partial charge in [-0.2, -0.15) is 0 Å². The molecule has 0 bridgehead atoms. The molecule has 4 nitrogen and oxygen atoms in total. The number of carbonyl (C=O) groups is 1. The summed E-state index contributed by atoms with van der Waals surface area (Å²) in [5.41, 5.74) is 2.08. The van der Waals surface area contributed by atoms with E-state index in [4.69, 9.17) is 27.9 Å². The van der Waals surface area contributed by atoms with Crippen LogP contribution in [0.2, 0.25) is 10.0 Å². The molecular weight excluding hydrogens is 347 g/mol. The molecule has 24 heavy (non-hydrogen) atoms. The number of quaternary nitrogens is 1. The lowest BCUT2D eigenvalue weighted by Gasteiger charge is -2.14. The molecule has 0 aromatic heterocycles. The van der Waals surface area contributed by atoms with Crippen molar-refractivity contribution in [1.29, 1.82) is 0 Å². The van der Waals surface area contributed by atoms with Crippen LogP contribution in [0.15, 0.2) is 42.5 Å². The second-order valence-electron chi connectivity index (χ2n) is 5.68. The van der Waals surface area contributed by atoms with Gasteiger partial charge in [0.2, 0.25) is 0 Å². The van der Waals surface area contributed by atoms with Crippen LogP contribution in [0.4, 0.5) is 0 Å². The molecule has 0 heterocycles. The molecule has 1 atom stereocenters. The number of ether oxygens (including phenoxy) is 1. The van der Waals surface area contributed by atoms with Crippen molar-refractivity contribution in [3.05, 3.63) is 63.6 Å². The Hall–Kier alpha value is -1.75. The molecule has 2 rings (SSSR count). The number of carbonyl (C=O) groups excluding carboxylic acids is 1. The second-order valence-corrected chi connectivity index (χ2v) is 6.50. The summed E-state index contributed by atoms with van der Waals surface area (Å²) in [5, 5.41) is 4.00. The molecule has 0 spiro atoms. The van der Waals surface area contributed by atoms with Crippen LogP contribution in [0, 0.1) is 0 Å². The fourth-order valence-corrected chi connectivity index (χ4v) is 2.66. The standard InChI is InChI=1S/C18H20Cl2N2O2/c1-22(11-14-5-8-16(19)17(20)9-14)12-18(23)21-10-13-3-6-15(24-2)7-4-13/h3-9H,10-12H2,1-2H3,(H,21,23)/p+1. The third-order valence-electron chi connectivity index (χ3n) is 3.60. The molecule has 0 saturated carbocycles. The monoisotopic (exact) mass is 367 g/mol. The van der Waals surface area contributed by atoms with Crippen molar-refractivity contribution in [1.82, 2.24) is 5.32 Å². The number of methoxy groups -OCH3 is 1. The number of benzene rings is 2. The Kier molecular flexibility index (Phi) is 6.91. The summed E-state index contributed by atoms with van der Waals surface area (Å²) < 4.78 is 5.11. The highest BCUT2D eigenvalue weighted by Gasteiger charge is 2.11. The molecule has 0 aliphatic rings. The van der Waals surface area contributed by atoms with Crippen LogP contribution in [-0.2, 0) is 17.9 Å². The third-order valence-corrected chi connectivity index (χ3v) is 4.34. The lowest BCUT2D eigenvalue weighted by atomic mass is 10.2. The summed E-state index contributed by atoms with van der Waals surface area (Å²) in [6.45, 7) is 1.59. The first-order valence-electron chi connectivity index (χ1n) is 7.63. The Morgan fingerprint density at radius 3 is 2.38 bits per heavy atom. The van der Waals surface area contributed by atoms with Gasteiger partial charge in [-0.05, 0) is 29.8 Å². The first-order chi connectivity index (χ1) is 11.5. The normalized spacial score (nSPS) is 11.8. The van der Waals surface area contributed by atoms with Crippen LogP contribution in [0.5, 0.6) is 5.75 Å². The Labute approximate surface area is 152 Å². The molecule has 2 aromatic carbocycles. The summed E-state index contributed by atoms with van der Waals surface area (Å²) >= 11 is 11.9. The molecule has 2 aromatic rings. The molecule has 0 radical (unpaired) electrons. The van der Waals surface area contributed by atoms with E-state index in [0.29, 0.717) is 29.7 Å². The van der Waals surface area contributed by atoms with Gasteiger partial charge in [-0.15, -0.1) is 0 Å². The van der Waals surface area contributed by atoms with Crippen LogP contribution in [0.25, 0.3) is 0 Å². The van der Waals surface area contributed by atoms with E-state index >= 15 is 0 Å². The SMILES string of the molecule is COc1ccc(CNC(=O)C[NH+](C)Cc2ccc(Cl)c(Cl)c2)cc1. The Balaban J connectivity index is 1.79. The zero-order chi connectivity index (χ0) is 17.5. The van der Waals surface area contributed by atoms with Crippen LogP contribution < -0.4 is 15.0 Å². The second kappa shape index (κ2) is 8.92. The Bertz CT molecular complexity index is 690. The lowest BCUT2D eigenvalue weighted by molar-refractivity contribution is -0.885. The predicted molar refractivity (Wildman–Crippen MR) is 96.8 cm³/mol. The molecular formula is C18H21Cl2N2O2+. The molecule has 0 aliphatic heterocycles. The van der Waals surface area contributed by atoms with Crippen molar-refractivity contribution < 1.29 is 14.4 Å². The van der Waals surface area contributed by atoms with Crippen LogP contribution >= 0.6 is 23.2 Å². The van der Waals surface area contributed by atoms with E-state index in [9.17, 15) is 4.79 Å². The van der Waals surface area contributed by atoms with Gasteiger partial charge in [0.15, 0.2) is 6.54 Å². The quantitative estimate of drug-likeness (QED) is 0.788. The minimum Gasteiger partial charge on any atom is -0.497 e. The summed E-state index contributed by atoms with van der Waals surface area (Å²) in [6.07, 6.45) is 0. The first-order valence-corrected chi connectivity index (χ1v) is 8.38. The minimum absolute atomic E-state index is 0.00313. The average Bonchev–Trinajstić information content (AvgIpc) is 2.56. The summed E-state index contributed by atoms with van der Waals surface area (Å²) in [6, 6.07) is 13.2. The summed E-state index contributed by atoms with van der Waals surface area (Å²) in [5.74, 6) is 0.805. The lowest BCUT2D eigenvalue weighted by Crippen LogP contribution is -3.08. The highest BCUT2D eigenvalue weighted by Crippen LogP contribution is 2.22. The van der Waals surface area contributed by atoms with Gasteiger partial charge in [-0.1, -0.05) is 41.4 Å². The van der Waals surface area contributed by atoms with E-state index in [-0.39, 0.29) is 5.91 Å². The average molecular weight is 368 g/mol. The Morgan fingerprint density at radius 2 is 1.75 bits per heavy atom. The zero-order valence-corrected chi connectivity index (χ0v) is 15.2. The molecule has 6 heteroatoms. The topological polar surface area (TPSA) is 42.8 Å². The number of hydrogen-bond acceptors (Lipinski definition) is 2. The number of hydrogen-bond donors (Lipinski definition) is 2. The fourth-order valence-electron chi connectivity index (χ4n) is 2.34. The van der Waals surface area contributed by atoms with Crippen LogP contribution in [-0.4, -0.2) is 26.6 Å². The van der Waals surface area contributed by atoms with Gasteiger partial charge in [0.25, 0.3) is 5.91 Å². The minimum atomic E-state index is 0.00313. The smallest absolute Gasteiger partial charge is 0.275 e. The van der Waals surface area contributed by atoms with Gasteiger partial charge in [0.05, 0.1) is 24.2 Å². The molecule has 0 saturated heterocycles. The van der Waals surface area contributed by atoms with Gasteiger partial charge in [0.1, 0.15) is 12.3 Å².